The van der Waals surface area contributed by atoms with E-state index in [9.17, 15) is 0 Å². The van der Waals surface area contributed by atoms with Crippen molar-refractivity contribution in [1.29, 1.82) is 0 Å². The first-order valence-corrected chi connectivity index (χ1v) is 8.44. The lowest BCUT2D eigenvalue weighted by Gasteiger charge is -2.43. The van der Waals surface area contributed by atoms with E-state index in [1.165, 1.54) is 56.3 Å². The van der Waals surface area contributed by atoms with E-state index in [-0.39, 0.29) is 5.54 Å². The number of likely N-dealkylation sites (tertiary alicyclic amines) is 1. The van der Waals surface area contributed by atoms with Crippen LogP contribution >= 0.6 is 0 Å². The maximum Gasteiger partial charge on any atom is 0.0344 e. The minimum absolute atomic E-state index is 0.229. The van der Waals surface area contributed by atoms with Gasteiger partial charge in [0.1, 0.15) is 0 Å². The summed E-state index contributed by atoms with van der Waals surface area (Å²) in [6, 6.07) is 8.95. The van der Waals surface area contributed by atoms with Crippen molar-refractivity contribution < 1.29 is 0 Å². The van der Waals surface area contributed by atoms with Crippen LogP contribution in [0.5, 0.6) is 0 Å². The number of rotatable bonds is 2. The van der Waals surface area contributed by atoms with E-state index in [0.717, 1.165) is 19.6 Å². The number of nitrogens with zero attached hydrogens (tertiary/aromatic N) is 2. The van der Waals surface area contributed by atoms with Gasteiger partial charge in [-0.2, -0.15) is 0 Å². The predicted octanol–water partition coefficient (Wildman–Crippen LogP) is 1.90. The van der Waals surface area contributed by atoms with Gasteiger partial charge in [-0.1, -0.05) is 24.3 Å². The molecule has 1 aromatic carbocycles. The van der Waals surface area contributed by atoms with Gasteiger partial charge in [0.2, 0.25) is 0 Å². The fraction of sp³-hybridized carbons (Fsp3) is 0.667. The molecule has 3 nitrogen and oxygen atoms in total. The van der Waals surface area contributed by atoms with Crippen molar-refractivity contribution in [3.63, 3.8) is 0 Å². The van der Waals surface area contributed by atoms with Crippen molar-refractivity contribution in [2.45, 2.75) is 37.6 Å². The van der Waals surface area contributed by atoms with Gasteiger partial charge in [0.25, 0.3) is 0 Å². The highest BCUT2D eigenvalue weighted by Gasteiger charge is 2.37. The van der Waals surface area contributed by atoms with Gasteiger partial charge in [-0.3, -0.25) is 4.90 Å². The van der Waals surface area contributed by atoms with E-state index < -0.39 is 0 Å². The van der Waals surface area contributed by atoms with E-state index in [1.807, 2.05) is 0 Å². The fourth-order valence-corrected chi connectivity index (χ4v) is 4.11. The minimum Gasteiger partial charge on any atom is -0.329 e. The molecule has 0 aliphatic carbocycles. The second-order valence-electron chi connectivity index (χ2n) is 6.84. The predicted molar refractivity (Wildman–Crippen MR) is 88.6 cm³/mol. The van der Waals surface area contributed by atoms with Crippen LogP contribution in [0, 0.1) is 0 Å². The highest BCUT2D eigenvalue weighted by atomic mass is 15.2. The summed E-state index contributed by atoms with van der Waals surface area (Å²) in [7, 11) is 2.24. The molecule has 2 aliphatic rings. The highest BCUT2D eigenvalue weighted by molar-refractivity contribution is 5.28. The average molecular weight is 287 g/mol. The molecule has 0 spiro atoms. The standard InChI is InChI=1S/C18H29N3/c1-20-11-4-9-18(15-19,10-14-20)21-12-7-16-5-2-3-6-17(16)8-13-21/h2-3,5-6H,4,7-15,19H2,1H3. The first-order chi connectivity index (χ1) is 10.2. The van der Waals surface area contributed by atoms with Gasteiger partial charge >= 0.3 is 0 Å². The number of hydrogen-bond donors (Lipinski definition) is 1. The topological polar surface area (TPSA) is 32.5 Å². The van der Waals surface area contributed by atoms with Gasteiger partial charge < -0.3 is 10.6 Å². The quantitative estimate of drug-likeness (QED) is 0.902. The normalized spacial score (nSPS) is 28.7. The first kappa shape index (κ1) is 15.0. The Labute approximate surface area is 129 Å². The van der Waals surface area contributed by atoms with Crippen molar-refractivity contribution in [3.8, 4) is 0 Å². The van der Waals surface area contributed by atoms with Crippen molar-refractivity contribution in [3.05, 3.63) is 35.4 Å². The highest BCUT2D eigenvalue weighted by Crippen LogP contribution is 2.30. The molecule has 0 saturated carbocycles. The monoisotopic (exact) mass is 287 g/mol. The van der Waals surface area contributed by atoms with Crippen LogP contribution in [0.25, 0.3) is 0 Å². The molecule has 0 amide bonds. The molecule has 21 heavy (non-hydrogen) atoms. The molecule has 2 heterocycles. The molecule has 116 valence electrons. The molecule has 1 atom stereocenters. The number of fused-ring (bicyclic) bond motifs is 1. The minimum atomic E-state index is 0.229. The summed E-state index contributed by atoms with van der Waals surface area (Å²) in [4.78, 5) is 5.18. The summed E-state index contributed by atoms with van der Waals surface area (Å²) in [5.41, 5.74) is 9.59. The molecule has 1 unspecified atom stereocenters. The fourth-order valence-electron chi connectivity index (χ4n) is 4.11. The van der Waals surface area contributed by atoms with Crippen LogP contribution in [0.1, 0.15) is 30.4 Å². The van der Waals surface area contributed by atoms with Gasteiger partial charge in [-0.05, 0) is 63.4 Å². The third-order valence-corrected chi connectivity index (χ3v) is 5.61. The maximum absolute atomic E-state index is 6.28. The van der Waals surface area contributed by atoms with Crippen LogP contribution < -0.4 is 5.73 Å². The van der Waals surface area contributed by atoms with Crippen molar-refractivity contribution in [2.24, 2.45) is 5.73 Å². The number of benzene rings is 1. The second-order valence-corrected chi connectivity index (χ2v) is 6.84. The molecule has 0 bridgehead atoms. The molecule has 0 radical (unpaired) electrons. The van der Waals surface area contributed by atoms with Crippen LogP contribution in [0.2, 0.25) is 0 Å². The largest absolute Gasteiger partial charge is 0.329 e. The summed E-state index contributed by atoms with van der Waals surface area (Å²) in [6.07, 6.45) is 6.10. The molecule has 3 rings (SSSR count). The molecule has 1 saturated heterocycles. The zero-order valence-electron chi connectivity index (χ0n) is 13.4. The van der Waals surface area contributed by atoms with Gasteiger partial charge in [-0.15, -0.1) is 0 Å². The third-order valence-electron chi connectivity index (χ3n) is 5.61. The third kappa shape index (κ3) is 3.15. The molecular formula is C18H29N3. The Morgan fingerprint density at radius 1 is 1.00 bits per heavy atom. The van der Waals surface area contributed by atoms with Crippen LogP contribution in [-0.4, -0.2) is 55.1 Å². The molecule has 1 aromatic rings. The van der Waals surface area contributed by atoms with Crippen LogP contribution in [0.15, 0.2) is 24.3 Å². The Balaban J connectivity index is 1.76. The summed E-state index contributed by atoms with van der Waals surface area (Å²) in [5.74, 6) is 0. The van der Waals surface area contributed by atoms with Gasteiger partial charge in [-0.25, -0.2) is 0 Å². The van der Waals surface area contributed by atoms with Gasteiger partial charge in [0.15, 0.2) is 0 Å². The second kappa shape index (κ2) is 6.47. The molecule has 0 aromatic heterocycles. The van der Waals surface area contributed by atoms with Crippen molar-refractivity contribution in [1.82, 2.24) is 9.80 Å². The lowest BCUT2D eigenvalue weighted by molar-refractivity contribution is 0.0832. The van der Waals surface area contributed by atoms with Gasteiger partial charge in [0.05, 0.1) is 0 Å². The van der Waals surface area contributed by atoms with E-state index >= 15 is 0 Å². The Morgan fingerprint density at radius 2 is 1.67 bits per heavy atom. The number of hydrogen-bond acceptors (Lipinski definition) is 3. The van der Waals surface area contributed by atoms with E-state index in [1.54, 1.807) is 0 Å². The zero-order chi connectivity index (χ0) is 14.7. The van der Waals surface area contributed by atoms with Gasteiger partial charge in [0, 0.05) is 25.2 Å². The Morgan fingerprint density at radius 3 is 2.29 bits per heavy atom. The SMILES string of the molecule is CN1CCCC(CN)(N2CCc3ccccc3CC2)CC1. The van der Waals surface area contributed by atoms with Crippen LogP contribution in [0.3, 0.4) is 0 Å². The molecule has 3 heteroatoms. The summed E-state index contributed by atoms with van der Waals surface area (Å²) in [6.45, 7) is 5.53. The molecule has 1 fully saturated rings. The Bertz CT molecular complexity index is 446. The first-order valence-electron chi connectivity index (χ1n) is 8.44. The zero-order valence-corrected chi connectivity index (χ0v) is 13.4. The van der Waals surface area contributed by atoms with Crippen molar-refractivity contribution >= 4 is 0 Å². The summed E-state index contributed by atoms with van der Waals surface area (Å²) in [5, 5.41) is 0. The lowest BCUT2D eigenvalue weighted by Crippen LogP contribution is -2.55. The molecular weight excluding hydrogens is 258 g/mol. The summed E-state index contributed by atoms with van der Waals surface area (Å²) < 4.78 is 0. The van der Waals surface area contributed by atoms with E-state index in [2.05, 4.69) is 41.1 Å². The van der Waals surface area contributed by atoms with Crippen LogP contribution in [0.4, 0.5) is 0 Å². The number of nitrogens with two attached hydrogens (primary N) is 1. The van der Waals surface area contributed by atoms with E-state index in [4.69, 9.17) is 5.73 Å². The Hall–Kier alpha value is -0.900. The van der Waals surface area contributed by atoms with Crippen LogP contribution in [-0.2, 0) is 12.8 Å². The summed E-state index contributed by atoms with van der Waals surface area (Å²) >= 11 is 0. The lowest BCUT2D eigenvalue weighted by atomic mass is 9.88. The molecule has 2 N–H and O–H groups in total. The smallest absolute Gasteiger partial charge is 0.0344 e. The average Bonchev–Trinajstić information content (AvgIpc) is 2.84. The maximum atomic E-state index is 6.28. The van der Waals surface area contributed by atoms with E-state index in [0.29, 0.717) is 0 Å². The Kier molecular flexibility index (Phi) is 4.63. The molecule has 2 aliphatic heterocycles. The van der Waals surface area contributed by atoms with Crippen molar-refractivity contribution in [2.75, 3.05) is 39.8 Å².